The number of furan rings is 1. The Balaban J connectivity index is 1.34. The van der Waals surface area contributed by atoms with E-state index >= 15 is 0 Å². The van der Waals surface area contributed by atoms with Crippen LogP contribution in [-0.4, -0.2) is 38.9 Å². The Hall–Kier alpha value is -2.35. The summed E-state index contributed by atoms with van der Waals surface area (Å²) in [6.07, 6.45) is 1.45. The van der Waals surface area contributed by atoms with Gasteiger partial charge in [0.15, 0.2) is 5.76 Å². The van der Waals surface area contributed by atoms with Crippen LogP contribution in [0.1, 0.15) is 29.0 Å². The number of nitrogens with zero attached hydrogens (tertiary/aromatic N) is 1. The maximum Gasteiger partial charge on any atom is 0.289 e. The summed E-state index contributed by atoms with van der Waals surface area (Å²) in [5.41, 5.74) is 1.24. The molecule has 1 aromatic heterocycles. The number of piperidine rings is 1. The van der Waals surface area contributed by atoms with E-state index in [1.165, 1.54) is 0 Å². The molecule has 1 aliphatic heterocycles. The van der Waals surface area contributed by atoms with Crippen LogP contribution in [0.15, 0.2) is 57.8 Å². The Bertz CT molecular complexity index is 1150. The van der Waals surface area contributed by atoms with Gasteiger partial charge in [-0.25, -0.2) is 13.1 Å². The fourth-order valence-corrected chi connectivity index (χ4v) is 5.38. The Kier molecular flexibility index (Phi) is 5.86. The molecule has 0 bridgehead atoms. The number of nitrogens with one attached hydrogen (secondary N) is 1. The molecule has 0 atom stereocenters. The van der Waals surface area contributed by atoms with Gasteiger partial charge >= 0.3 is 0 Å². The monoisotopic (exact) mass is 446 g/mol. The number of hydrogen-bond acceptors (Lipinski definition) is 4. The van der Waals surface area contributed by atoms with Crippen molar-refractivity contribution in [2.45, 2.75) is 24.7 Å². The highest BCUT2D eigenvalue weighted by Crippen LogP contribution is 2.25. The molecule has 0 aliphatic carbocycles. The normalized spacial score (nSPS) is 15.6. The third-order valence-electron chi connectivity index (χ3n) is 5.61. The van der Waals surface area contributed by atoms with Crippen LogP contribution >= 0.6 is 11.6 Å². The second-order valence-corrected chi connectivity index (χ2v) is 9.74. The minimum Gasteiger partial charge on any atom is -0.451 e. The number of halogens is 1. The highest BCUT2D eigenvalue weighted by Gasteiger charge is 2.27. The second kappa shape index (κ2) is 8.41. The number of carbonyl (C=O) groups excluding carboxylic acids is 1. The quantitative estimate of drug-likeness (QED) is 0.636. The van der Waals surface area contributed by atoms with E-state index in [-0.39, 0.29) is 16.7 Å². The molecule has 2 aromatic carbocycles. The first-order valence-electron chi connectivity index (χ1n) is 9.88. The number of rotatable bonds is 5. The first-order valence-corrected chi connectivity index (χ1v) is 11.7. The Morgan fingerprint density at radius 3 is 2.63 bits per heavy atom. The second-order valence-electron chi connectivity index (χ2n) is 7.60. The SMILES string of the molecule is Cc1c(Cl)cccc1S(=O)(=O)NCC1CCN(C(=O)c2cc3ccccc3o2)CC1. The number of amides is 1. The number of fused-ring (bicyclic) bond motifs is 1. The van der Waals surface area contributed by atoms with Gasteiger partial charge in [0.2, 0.25) is 10.0 Å². The lowest BCUT2D eigenvalue weighted by Gasteiger charge is -2.31. The van der Waals surface area contributed by atoms with Crippen molar-refractivity contribution in [3.8, 4) is 0 Å². The first-order chi connectivity index (χ1) is 14.3. The van der Waals surface area contributed by atoms with Crippen LogP contribution in [0, 0.1) is 12.8 Å². The number of hydrogen-bond donors (Lipinski definition) is 1. The van der Waals surface area contributed by atoms with Gasteiger partial charge in [0, 0.05) is 30.0 Å². The summed E-state index contributed by atoms with van der Waals surface area (Å²) in [6, 6.07) is 14.2. The van der Waals surface area contributed by atoms with Crippen molar-refractivity contribution in [3.05, 3.63) is 64.9 Å². The van der Waals surface area contributed by atoms with Crippen LogP contribution in [0.25, 0.3) is 11.0 Å². The molecule has 1 saturated heterocycles. The third kappa shape index (κ3) is 4.24. The van der Waals surface area contributed by atoms with Gasteiger partial charge in [0.05, 0.1) is 4.90 Å². The number of sulfonamides is 1. The predicted octanol–water partition coefficient (Wildman–Crippen LogP) is 4.23. The molecule has 2 heterocycles. The Morgan fingerprint density at radius 2 is 1.90 bits per heavy atom. The summed E-state index contributed by atoms with van der Waals surface area (Å²) in [6.45, 7) is 3.16. The molecule has 0 saturated carbocycles. The largest absolute Gasteiger partial charge is 0.451 e. The molecule has 1 fully saturated rings. The van der Waals surface area contributed by atoms with E-state index in [9.17, 15) is 13.2 Å². The molecule has 1 amide bonds. The zero-order chi connectivity index (χ0) is 21.3. The lowest BCUT2D eigenvalue weighted by atomic mass is 9.97. The van der Waals surface area contributed by atoms with E-state index in [0.717, 1.165) is 18.2 Å². The number of para-hydroxylation sites is 1. The van der Waals surface area contributed by atoms with Gasteiger partial charge in [0.25, 0.3) is 5.91 Å². The van der Waals surface area contributed by atoms with E-state index < -0.39 is 10.0 Å². The van der Waals surface area contributed by atoms with Crippen molar-refractivity contribution in [2.75, 3.05) is 19.6 Å². The Morgan fingerprint density at radius 1 is 1.17 bits per heavy atom. The van der Waals surface area contributed by atoms with Crippen molar-refractivity contribution < 1.29 is 17.6 Å². The van der Waals surface area contributed by atoms with E-state index in [1.807, 2.05) is 24.3 Å². The molecule has 1 N–H and O–H groups in total. The van der Waals surface area contributed by atoms with Gasteiger partial charge < -0.3 is 9.32 Å². The maximum atomic E-state index is 12.8. The van der Waals surface area contributed by atoms with Gasteiger partial charge in [-0.15, -0.1) is 0 Å². The van der Waals surface area contributed by atoms with Crippen LogP contribution in [0.2, 0.25) is 5.02 Å². The lowest BCUT2D eigenvalue weighted by molar-refractivity contribution is 0.0662. The summed E-state index contributed by atoms with van der Waals surface area (Å²) in [7, 11) is -3.63. The smallest absolute Gasteiger partial charge is 0.289 e. The molecule has 0 unspecified atom stereocenters. The molecule has 6 nitrogen and oxygen atoms in total. The van der Waals surface area contributed by atoms with Gasteiger partial charge in [-0.05, 0) is 55.5 Å². The molecule has 158 valence electrons. The van der Waals surface area contributed by atoms with Gasteiger partial charge in [-0.2, -0.15) is 0 Å². The minimum absolute atomic E-state index is 0.125. The summed E-state index contributed by atoms with van der Waals surface area (Å²) < 4.78 is 33.7. The van der Waals surface area contributed by atoms with Gasteiger partial charge in [-0.3, -0.25) is 4.79 Å². The lowest BCUT2D eigenvalue weighted by Crippen LogP contribution is -2.41. The van der Waals surface area contributed by atoms with Crippen LogP contribution in [0.3, 0.4) is 0 Å². The van der Waals surface area contributed by atoms with E-state index in [4.69, 9.17) is 16.0 Å². The summed E-state index contributed by atoms with van der Waals surface area (Å²) in [5.74, 6) is 0.380. The topological polar surface area (TPSA) is 79.6 Å². The average Bonchev–Trinajstić information content (AvgIpc) is 3.18. The fraction of sp³-hybridized carbons (Fsp3) is 0.318. The first kappa shape index (κ1) is 20.9. The highest BCUT2D eigenvalue weighted by atomic mass is 35.5. The molecular weight excluding hydrogens is 424 g/mol. The Labute approximate surface area is 180 Å². The van der Waals surface area contributed by atoms with Crippen LogP contribution in [0.5, 0.6) is 0 Å². The fourth-order valence-electron chi connectivity index (χ4n) is 3.77. The molecule has 30 heavy (non-hydrogen) atoms. The van der Waals surface area contributed by atoms with Crippen molar-refractivity contribution in [3.63, 3.8) is 0 Å². The van der Waals surface area contributed by atoms with Crippen molar-refractivity contribution in [1.82, 2.24) is 9.62 Å². The molecule has 0 radical (unpaired) electrons. The molecular formula is C22H23ClN2O4S. The van der Waals surface area contributed by atoms with E-state index in [0.29, 0.717) is 41.6 Å². The average molecular weight is 447 g/mol. The van der Waals surface area contributed by atoms with Crippen LogP contribution in [0.4, 0.5) is 0 Å². The van der Waals surface area contributed by atoms with Crippen LogP contribution in [-0.2, 0) is 10.0 Å². The minimum atomic E-state index is -3.63. The predicted molar refractivity (Wildman–Crippen MR) is 116 cm³/mol. The van der Waals surface area contributed by atoms with Gasteiger partial charge in [-0.1, -0.05) is 35.9 Å². The number of benzene rings is 2. The van der Waals surface area contributed by atoms with E-state index in [2.05, 4.69) is 4.72 Å². The van der Waals surface area contributed by atoms with Crippen molar-refractivity contribution in [1.29, 1.82) is 0 Å². The highest BCUT2D eigenvalue weighted by molar-refractivity contribution is 7.89. The number of carbonyl (C=O) groups is 1. The maximum absolute atomic E-state index is 12.8. The van der Waals surface area contributed by atoms with Crippen molar-refractivity contribution >= 4 is 38.5 Å². The van der Waals surface area contributed by atoms with E-state index in [1.54, 1.807) is 36.1 Å². The van der Waals surface area contributed by atoms with Crippen LogP contribution < -0.4 is 4.72 Å². The molecule has 3 aromatic rings. The summed E-state index contributed by atoms with van der Waals surface area (Å²) in [4.78, 5) is 14.7. The summed E-state index contributed by atoms with van der Waals surface area (Å²) >= 11 is 6.05. The molecule has 1 aliphatic rings. The zero-order valence-corrected chi connectivity index (χ0v) is 18.2. The summed E-state index contributed by atoms with van der Waals surface area (Å²) in [5, 5.41) is 1.33. The molecule has 4 rings (SSSR count). The number of likely N-dealkylation sites (tertiary alicyclic amines) is 1. The molecule has 8 heteroatoms. The zero-order valence-electron chi connectivity index (χ0n) is 16.6. The standard InChI is InChI=1S/C22H23ClN2O4S/c1-15-18(23)6-4-8-21(15)30(27,28)24-14-16-9-11-25(12-10-16)22(26)20-13-17-5-2-3-7-19(17)29-20/h2-8,13,16,24H,9-12,14H2,1H3. The third-order valence-corrected chi connectivity index (χ3v) is 7.59. The van der Waals surface area contributed by atoms with Crippen molar-refractivity contribution in [2.24, 2.45) is 5.92 Å². The molecule has 0 spiro atoms. The van der Waals surface area contributed by atoms with Gasteiger partial charge in [0.1, 0.15) is 5.58 Å².